The molecule has 0 aliphatic carbocycles. The number of likely N-dealkylation sites (N-methyl/N-ethyl adjacent to an activating group) is 1. The average Bonchev–Trinajstić information content (AvgIpc) is 2.71. The number of nitrogens with zero attached hydrogens (tertiary/aromatic N) is 2. The second kappa shape index (κ2) is 3.54. The van der Waals surface area contributed by atoms with Gasteiger partial charge in [0, 0.05) is 32.7 Å². The van der Waals surface area contributed by atoms with Crippen molar-refractivity contribution in [1.82, 2.24) is 15.1 Å². The third-order valence-electron chi connectivity index (χ3n) is 2.91. The van der Waals surface area contributed by atoms with Crippen LogP contribution < -0.4 is 5.32 Å². The van der Waals surface area contributed by atoms with Crippen molar-refractivity contribution in [2.75, 3.05) is 33.2 Å². The van der Waals surface area contributed by atoms with Crippen molar-refractivity contribution in [2.45, 2.75) is 18.9 Å². The lowest BCUT2D eigenvalue weighted by atomic mass is 10.2. The van der Waals surface area contributed by atoms with Crippen LogP contribution in [0, 0.1) is 0 Å². The van der Waals surface area contributed by atoms with Gasteiger partial charge in [0.25, 0.3) is 0 Å². The summed E-state index contributed by atoms with van der Waals surface area (Å²) in [6, 6.07) is 0.726. The van der Waals surface area contributed by atoms with Crippen LogP contribution in [0.1, 0.15) is 12.8 Å². The van der Waals surface area contributed by atoms with Crippen molar-refractivity contribution in [2.24, 2.45) is 0 Å². The summed E-state index contributed by atoms with van der Waals surface area (Å²) in [6.07, 6.45) is 2.47. The zero-order chi connectivity index (χ0) is 9.26. The summed E-state index contributed by atoms with van der Waals surface area (Å²) in [4.78, 5) is 15.3. The van der Waals surface area contributed by atoms with Crippen molar-refractivity contribution in [3.05, 3.63) is 0 Å². The molecule has 13 heavy (non-hydrogen) atoms. The Bertz CT molecular complexity index is 201. The molecule has 0 aromatic carbocycles. The van der Waals surface area contributed by atoms with Gasteiger partial charge < -0.3 is 15.1 Å². The van der Waals surface area contributed by atoms with E-state index in [1.807, 2.05) is 11.9 Å². The van der Waals surface area contributed by atoms with E-state index >= 15 is 0 Å². The van der Waals surface area contributed by atoms with Gasteiger partial charge in [-0.15, -0.1) is 0 Å². The van der Waals surface area contributed by atoms with Crippen LogP contribution in [0.15, 0.2) is 0 Å². The lowest BCUT2D eigenvalue weighted by Gasteiger charge is -2.20. The van der Waals surface area contributed by atoms with E-state index in [0.717, 1.165) is 26.2 Å². The first kappa shape index (κ1) is 8.81. The molecule has 2 aliphatic heterocycles. The molecule has 2 amide bonds. The smallest absolute Gasteiger partial charge is 0.319 e. The molecule has 1 N–H and O–H groups in total. The number of carbonyl (C=O) groups is 1. The Morgan fingerprint density at radius 2 is 2.38 bits per heavy atom. The second-order valence-electron chi connectivity index (χ2n) is 3.94. The highest BCUT2D eigenvalue weighted by atomic mass is 16.2. The van der Waals surface area contributed by atoms with Crippen molar-refractivity contribution in [3.63, 3.8) is 0 Å². The van der Waals surface area contributed by atoms with Gasteiger partial charge in [-0.2, -0.15) is 0 Å². The highest BCUT2D eigenvalue weighted by molar-refractivity contribution is 5.76. The first-order chi connectivity index (χ1) is 6.27. The average molecular weight is 183 g/mol. The van der Waals surface area contributed by atoms with Crippen LogP contribution in [0.25, 0.3) is 0 Å². The number of hydrogen-bond donors (Lipinski definition) is 1. The zero-order valence-electron chi connectivity index (χ0n) is 8.12. The minimum Gasteiger partial charge on any atom is -0.326 e. The molecule has 0 unspecified atom stereocenters. The van der Waals surface area contributed by atoms with E-state index < -0.39 is 0 Å². The fourth-order valence-corrected chi connectivity index (χ4v) is 2.05. The van der Waals surface area contributed by atoms with Crippen LogP contribution in [0.2, 0.25) is 0 Å². The molecule has 2 rings (SSSR count). The van der Waals surface area contributed by atoms with Crippen LogP contribution in [0.5, 0.6) is 0 Å². The van der Waals surface area contributed by atoms with Gasteiger partial charge in [0.15, 0.2) is 0 Å². The van der Waals surface area contributed by atoms with Gasteiger partial charge in [-0.05, 0) is 19.4 Å². The maximum Gasteiger partial charge on any atom is 0.319 e. The van der Waals surface area contributed by atoms with Crippen molar-refractivity contribution in [1.29, 1.82) is 0 Å². The molecular weight excluding hydrogens is 166 g/mol. The van der Waals surface area contributed by atoms with Crippen LogP contribution >= 0.6 is 0 Å². The number of nitrogens with one attached hydrogen (secondary N) is 1. The van der Waals surface area contributed by atoms with Crippen LogP contribution in [0.4, 0.5) is 4.79 Å². The second-order valence-corrected chi connectivity index (χ2v) is 3.94. The minimum absolute atomic E-state index is 0.189. The number of amides is 2. The van der Waals surface area contributed by atoms with E-state index in [0.29, 0.717) is 6.04 Å². The van der Waals surface area contributed by atoms with E-state index in [-0.39, 0.29) is 6.03 Å². The predicted octanol–water partition coefficient (Wildman–Crippen LogP) is 0.106. The highest BCUT2D eigenvalue weighted by Gasteiger charge is 2.28. The fourth-order valence-electron chi connectivity index (χ4n) is 2.05. The molecule has 2 aliphatic rings. The van der Waals surface area contributed by atoms with E-state index in [2.05, 4.69) is 5.32 Å². The fraction of sp³-hybridized carbons (Fsp3) is 0.889. The predicted molar refractivity (Wildman–Crippen MR) is 50.6 cm³/mol. The van der Waals surface area contributed by atoms with Gasteiger partial charge in [0.1, 0.15) is 0 Å². The molecule has 0 aromatic rings. The van der Waals surface area contributed by atoms with Crippen LogP contribution in [0.3, 0.4) is 0 Å². The quantitative estimate of drug-likeness (QED) is 0.659. The molecule has 2 fully saturated rings. The van der Waals surface area contributed by atoms with Crippen molar-refractivity contribution in [3.8, 4) is 0 Å². The number of hydrogen-bond acceptors (Lipinski definition) is 2. The van der Waals surface area contributed by atoms with Gasteiger partial charge in [0.2, 0.25) is 0 Å². The Kier molecular flexibility index (Phi) is 2.40. The molecule has 1 atom stereocenters. The minimum atomic E-state index is 0.189. The Hall–Kier alpha value is -0.770. The number of rotatable bonds is 2. The van der Waals surface area contributed by atoms with Gasteiger partial charge in [0.05, 0.1) is 0 Å². The lowest BCUT2D eigenvalue weighted by molar-refractivity contribution is 0.195. The van der Waals surface area contributed by atoms with Gasteiger partial charge in [-0.1, -0.05) is 0 Å². The first-order valence-corrected chi connectivity index (χ1v) is 5.01. The maximum atomic E-state index is 11.5. The summed E-state index contributed by atoms with van der Waals surface area (Å²) < 4.78 is 0. The molecule has 0 saturated carbocycles. The first-order valence-electron chi connectivity index (χ1n) is 5.01. The third-order valence-corrected chi connectivity index (χ3v) is 2.91. The standard InChI is InChI=1S/C9H17N3O/c1-11-5-6-12(9(11)13)7-8-3-2-4-10-8/h8,10H,2-7H2,1H3/t8-/m0/s1. The number of urea groups is 1. The van der Waals surface area contributed by atoms with E-state index in [4.69, 9.17) is 0 Å². The summed E-state index contributed by atoms with van der Waals surface area (Å²) in [6.45, 7) is 3.78. The highest BCUT2D eigenvalue weighted by Crippen LogP contribution is 2.11. The molecule has 0 bridgehead atoms. The summed E-state index contributed by atoms with van der Waals surface area (Å²) in [5.41, 5.74) is 0. The van der Waals surface area contributed by atoms with Crippen LogP contribution in [-0.2, 0) is 0 Å². The summed E-state index contributed by atoms with van der Waals surface area (Å²) in [5, 5.41) is 3.41. The maximum absolute atomic E-state index is 11.5. The Balaban J connectivity index is 1.84. The molecule has 2 saturated heterocycles. The van der Waals surface area contributed by atoms with E-state index in [9.17, 15) is 4.79 Å². The molecule has 0 radical (unpaired) electrons. The topological polar surface area (TPSA) is 35.6 Å². The molecule has 0 aromatic heterocycles. The zero-order valence-corrected chi connectivity index (χ0v) is 8.12. The summed E-state index contributed by atoms with van der Waals surface area (Å²) in [7, 11) is 1.87. The third kappa shape index (κ3) is 1.77. The van der Waals surface area contributed by atoms with E-state index in [1.54, 1.807) is 4.90 Å². The Morgan fingerprint density at radius 3 is 2.92 bits per heavy atom. The van der Waals surface area contributed by atoms with Gasteiger partial charge in [-0.3, -0.25) is 0 Å². The SMILES string of the molecule is CN1CCN(C[C@@H]2CCCN2)C1=O. The number of carbonyl (C=O) groups excluding carboxylic acids is 1. The Morgan fingerprint density at radius 1 is 1.54 bits per heavy atom. The molecule has 2 heterocycles. The summed E-state index contributed by atoms with van der Waals surface area (Å²) >= 11 is 0. The monoisotopic (exact) mass is 183 g/mol. The molecular formula is C9H17N3O. The largest absolute Gasteiger partial charge is 0.326 e. The lowest BCUT2D eigenvalue weighted by Crippen LogP contribution is -2.39. The van der Waals surface area contributed by atoms with Crippen molar-refractivity contribution >= 4 is 6.03 Å². The van der Waals surface area contributed by atoms with Gasteiger partial charge >= 0.3 is 6.03 Å². The summed E-state index contributed by atoms with van der Waals surface area (Å²) in [5.74, 6) is 0. The van der Waals surface area contributed by atoms with Crippen LogP contribution in [-0.4, -0.2) is 55.1 Å². The van der Waals surface area contributed by atoms with E-state index in [1.165, 1.54) is 12.8 Å². The molecule has 4 heteroatoms. The van der Waals surface area contributed by atoms with Crippen molar-refractivity contribution < 1.29 is 4.79 Å². The normalized spacial score (nSPS) is 29.0. The Labute approximate surface area is 78.9 Å². The molecule has 74 valence electrons. The molecule has 4 nitrogen and oxygen atoms in total. The van der Waals surface area contributed by atoms with Gasteiger partial charge in [-0.25, -0.2) is 4.79 Å². The molecule has 0 spiro atoms.